The van der Waals surface area contributed by atoms with Gasteiger partial charge in [-0.2, -0.15) is 0 Å². The number of carboxylic acid groups (broad SMARTS) is 1. The number of carbonyl (C=O) groups excluding carboxylic acids is 1. The topological polar surface area (TPSA) is 70.5 Å². The third-order valence-electron chi connectivity index (χ3n) is 2.85. The largest absolute Gasteiger partial charge is 0.478 e. The molecule has 19 heavy (non-hydrogen) atoms. The van der Waals surface area contributed by atoms with Crippen molar-refractivity contribution in [2.24, 2.45) is 0 Å². The molecule has 1 amide bonds. The molecule has 0 aliphatic rings. The molecule has 1 atom stereocenters. The predicted molar refractivity (Wildman–Crippen MR) is 71.3 cm³/mol. The Hall–Kier alpha value is -2.17. The van der Waals surface area contributed by atoms with Crippen LogP contribution in [0.25, 0.3) is 0 Å². The minimum absolute atomic E-state index is 0.0335. The van der Waals surface area contributed by atoms with Crippen molar-refractivity contribution < 1.29 is 14.7 Å². The summed E-state index contributed by atoms with van der Waals surface area (Å²) in [6.45, 7) is 4.34. The molecular weight excluding hydrogens is 244 g/mol. The van der Waals surface area contributed by atoms with Gasteiger partial charge in [0.15, 0.2) is 0 Å². The molecule has 1 N–H and O–H groups in total. The van der Waals surface area contributed by atoms with Gasteiger partial charge in [0.2, 0.25) is 5.91 Å². The van der Waals surface area contributed by atoms with E-state index in [1.165, 1.54) is 0 Å². The van der Waals surface area contributed by atoms with Crippen LogP contribution in [0.15, 0.2) is 36.7 Å². The number of rotatable bonds is 6. The van der Waals surface area contributed by atoms with E-state index in [0.29, 0.717) is 6.54 Å². The Bertz CT molecular complexity index is 457. The van der Waals surface area contributed by atoms with Gasteiger partial charge in [-0.3, -0.25) is 9.78 Å². The first-order chi connectivity index (χ1) is 9.04. The van der Waals surface area contributed by atoms with Crippen molar-refractivity contribution in [2.75, 3.05) is 0 Å². The first kappa shape index (κ1) is 14.9. The molecule has 0 saturated carbocycles. The Morgan fingerprint density at radius 3 is 2.74 bits per heavy atom. The van der Waals surface area contributed by atoms with Crippen LogP contribution >= 0.6 is 0 Å². The Balaban J connectivity index is 2.83. The Kier molecular flexibility index (Phi) is 5.73. The van der Waals surface area contributed by atoms with E-state index >= 15 is 0 Å². The highest BCUT2D eigenvalue weighted by Gasteiger charge is 2.17. The van der Waals surface area contributed by atoms with E-state index in [1.54, 1.807) is 17.3 Å². The maximum atomic E-state index is 12.0. The number of hydrogen-bond acceptors (Lipinski definition) is 3. The standard InChI is InChI=1S/C14H18N2O3/c1-3-11(2)16(13(17)6-7-14(18)19)10-12-5-4-8-15-9-12/h4-9,11H,3,10H2,1-2H3,(H,18,19)/b7-6+. The lowest BCUT2D eigenvalue weighted by Crippen LogP contribution is -2.36. The summed E-state index contributed by atoms with van der Waals surface area (Å²) in [7, 11) is 0. The van der Waals surface area contributed by atoms with Crippen LogP contribution in [-0.4, -0.2) is 32.9 Å². The zero-order valence-electron chi connectivity index (χ0n) is 11.1. The van der Waals surface area contributed by atoms with Gasteiger partial charge in [0.1, 0.15) is 0 Å². The maximum absolute atomic E-state index is 12.0. The van der Waals surface area contributed by atoms with Gasteiger partial charge in [-0.15, -0.1) is 0 Å². The molecule has 5 heteroatoms. The fraction of sp³-hybridized carbons (Fsp3) is 0.357. The summed E-state index contributed by atoms with van der Waals surface area (Å²) in [6, 6.07) is 3.73. The molecular formula is C14H18N2O3. The molecule has 1 heterocycles. The van der Waals surface area contributed by atoms with Gasteiger partial charge in [-0.05, 0) is 25.0 Å². The summed E-state index contributed by atoms with van der Waals surface area (Å²) in [5.41, 5.74) is 0.917. The summed E-state index contributed by atoms with van der Waals surface area (Å²) >= 11 is 0. The first-order valence-corrected chi connectivity index (χ1v) is 6.15. The first-order valence-electron chi connectivity index (χ1n) is 6.15. The third-order valence-corrected chi connectivity index (χ3v) is 2.85. The van der Waals surface area contributed by atoms with Crippen LogP contribution in [-0.2, 0) is 16.1 Å². The monoisotopic (exact) mass is 262 g/mol. The quantitative estimate of drug-likeness (QED) is 0.794. The van der Waals surface area contributed by atoms with Crippen molar-refractivity contribution in [2.45, 2.75) is 32.9 Å². The second kappa shape index (κ2) is 7.31. The number of pyridine rings is 1. The zero-order chi connectivity index (χ0) is 14.3. The molecule has 1 unspecified atom stereocenters. The lowest BCUT2D eigenvalue weighted by molar-refractivity contribution is -0.133. The molecule has 1 aromatic rings. The van der Waals surface area contributed by atoms with Gasteiger partial charge in [0, 0.05) is 37.1 Å². The number of aromatic nitrogens is 1. The predicted octanol–water partition coefficient (Wildman–Crippen LogP) is 1.85. The molecule has 0 fully saturated rings. The number of aliphatic carboxylic acids is 1. The summed E-state index contributed by atoms with van der Waals surface area (Å²) in [5, 5.41) is 8.56. The highest BCUT2D eigenvalue weighted by molar-refractivity contribution is 5.94. The molecule has 0 aliphatic heterocycles. The summed E-state index contributed by atoms with van der Waals surface area (Å²) in [4.78, 5) is 28.1. The number of hydrogen-bond donors (Lipinski definition) is 1. The second-order valence-electron chi connectivity index (χ2n) is 4.26. The lowest BCUT2D eigenvalue weighted by Gasteiger charge is -2.27. The summed E-state index contributed by atoms with van der Waals surface area (Å²) in [6.07, 6.45) is 6.12. The van der Waals surface area contributed by atoms with Crippen LogP contribution in [0, 0.1) is 0 Å². The molecule has 1 aromatic heterocycles. The van der Waals surface area contributed by atoms with E-state index in [2.05, 4.69) is 4.98 Å². The molecule has 0 bridgehead atoms. The van der Waals surface area contributed by atoms with Crippen LogP contribution in [0.3, 0.4) is 0 Å². The van der Waals surface area contributed by atoms with Crippen LogP contribution in [0.4, 0.5) is 0 Å². The fourth-order valence-corrected chi connectivity index (χ4v) is 1.60. The molecule has 0 aliphatic carbocycles. The van der Waals surface area contributed by atoms with Gasteiger partial charge >= 0.3 is 5.97 Å². The number of nitrogens with zero attached hydrogens (tertiary/aromatic N) is 2. The number of carboxylic acids is 1. The van der Waals surface area contributed by atoms with Crippen molar-refractivity contribution in [3.8, 4) is 0 Å². The lowest BCUT2D eigenvalue weighted by atomic mass is 10.1. The van der Waals surface area contributed by atoms with Gasteiger partial charge < -0.3 is 10.0 Å². The molecule has 102 valence electrons. The third kappa shape index (κ3) is 4.91. The van der Waals surface area contributed by atoms with Gasteiger partial charge in [0.05, 0.1) is 0 Å². The van der Waals surface area contributed by atoms with E-state index in [9.17, 15) is 9.59 Å². The van der Waals surface area contributed by atoms with Crippen molar-refractivity contribution in [3.63, 3.8) is 0 Å². The van der Waals surface area contributed by atoms with Crippen LogP contribution < -0.4 is 0 Å². The SMILES string of the molecule is CCC(C)N(Cc1cccnc1)C(=O)/C=C/C(=O)O. The van der Waals surface area contributed by atoms with E-state index in [-0.39, 0.29) is 11.9 Å². The van der Waals surface area contributed by atoms with Crippen molar-refractivity contribution in [1.82, 2.24) is 9.88 Å². The minimum atomic E-state index is -1.13. The molecule has 0 aromatic carbocycles. The zero-order valence-corrected chi connectivity index (χ0v) is 11.1. The number of amides is 1. The summed E-state index contributed by atoms with van der Waals surface area (Å²) in [5.74, 6) is -1.43. The Labute approximate surface area is 112 Å². The van der Waals surface area contributed by atoms with E-state index < -0.39 is 5.97 Å². The average Bonchev–Trinajstić information content (AvgIpc) is 2.42. The van der Waals surface area contributed by atoms with Crippen molar-refractivity contribution in [1.29, 1.82) is 0 Å². The molecule has 5 nitrogen and oxygen atoms in total. The van der Waals surface area contributed by atoms with Gasteiger partial charge in [0.25, 0.3) is 0 Å². The van der Waals surface area contributed by atoms with Crippen LogP contribution in [0.5, 0.6) is 0 Å². The van der Waals surface area contributed by atoms with E-state index in [4.69, 9.17) is 5.11 Å². The van der Waals surface area contributed by atoms with E-state index in [1.807, 2.05) is 26.0 Å². The van der Waals surface area contributed by atoms with Crippen molar-refractivity contribution in [3.05, 3.63) is 42.2 Å². The average molecular weight is 262 g/mol. The highest BCUT2D eigenvalue weighted by Crippen LogP contribution is 2.10. The normalized spacial score (nSPS) is 12.3. The van der Waals surface area contributed by atoms with E-state index in [0.717, 1.165) is 24.1 Å². The molecule has 0 saturated heterocycles. The fourth-order valence-electron chi connectivity index (χ4n) is 1.60. The highest BCUT2D eigenvalue weighted by atomic mass is 16.4. The number of carbonyl (C=O) groups is 2. The summed E-state index contributed by atoms with van der Waals surface area (Å²) < 4.78 is 0. The second-order valence-corrected chi connectivity index (χ2v) is 4.26. The van der Waals surface area contributed by atoms with Crippen LogP contribution in [0.2, 0.25) is 0 Å². The van der Waals surface area contributed by atoms with Crippen molar-refractivity contribution >= 4 is 11.9 Å². The smallest absolute Gasteiger partial charge is 0.328 e. The van der Waals surface area contributed by atoms with Gasteiger partial charge in [-0.1, -0.05) is 13.0 Å². The molecule has 1 rings (SSSR count). The molecule has 0 spiro atoms. The Morgan fingerprint density at radius 1 is 1.47 bits per heavy atom. The van der Waals surface area contributed by atoms with Crippen LogP contribution in [0.1, 0.15) is 25.8 Å². The maximum Gasteiger partial charge on any atom is 0.328 e. The molecule has 0 radical (unpaired) electrons. The minimum Gasteiger partial charge on any atom is -0.478 e. The van der Waals surface area contributed by atoms with Gasteiger partial charge in [-0.25, -0.2) is 4.79 Å². The Morgan fingerprint density at radius 2 is 2.21 bits per heavy atom.